The quantitative estimate of drug-likeness (QED) is 0.841. The van der Waals surface area contributed by atoms with E-state index in [1.165, 1.54) is 19.2 Å². The number of pyridine rings is 1. The fraction of sp³-hybridized carbons (Fsp3) is 0.500. The Morgan fingerprint density at radius 2 is 2.21 bits per heavy atom. The number of hydrogen-bond donors (Lipinski definition) is 0. The van der Waals surface area contributed by atoms with Crippen molar-refractivity contribution in [3.05, 3.63) is 24.1 Å². The molecule has 1 aromatic rings. The van der Waals surface area contributed by atoms with Crippen molar-refractivity contribution in [2.75, 3.05) is 6.54 Å². The summed E-state index contributed by atoms with van der Waals surface area (Å²) >= 11 is 0. The van der Waals surface area contributed by atoms with Gasteiger partial charge >= 0.3 is 0 Å². The summed E-state index contributed by atoms with van der Waals surface area (Å²) in [5.41, 5.74) is 0. The Labute approximate surface area is 111 Å². The molecule has 1 atom stereocenters. The predicted octanol–water partition coefficient (Wildman–Crippen LogP) is 1.35. The number of nitrogens with zero attached hydrogens (tertiary/aromatic N) is 2. The molecule has 1 fully saturated rings. The molecule has 2 heterocycles. The maximum absolute atomic E-state index is 13.6. The first-order valence-corrected chi connectivity index (χ1v) is 7.51. The summed E-state index contributed by atoms with van der Waals surface area (Å²) in [5.74, 6) is -1.12. The lowest BCUT2D eigenvalue weighted by molar-refractivity contribution is -0.121. The van der Waals surface area contributed by atoms with Crippen molar-refractivity contribution in [2.45, 2.75) is 37.3 Å². The first kappa shape index (κ1) is 14.1. The van der Waals surface area contributed by atoms with Crippen molar-refractivity contribution >= 4 is 15.8 Å². The predicted molar refractivity (Wildman–Crippen MR) is 66.4 cm³/mol. The maximum Gasteiger partial charge on any atom is 0.264 e. The molecule has 1 unspecified atom stereocenters. The van der Waals surface area contributed by atoms with Gasteiger partial charge in [-0.1, -0.05) is 6.42 Å². The molecule has 1 aliphatic heterocycles. The van der Waals surface area contributed by atoms with Gasteiger partial charge in [-0.05, 0) is 31.9 Å². The van der Waals surface area contributed by atoms with Gasteiger partial charge in [-0.15, -0.1) is 0 Å². The van der Waals surface area contributed by atoms with Gasteiger partial charge in [0.1, 0.15) is 5.78 Å². The van der Waals surface area contributed by atoms with E-state index in [9.17, 15) is 17.6 Å². The van der Waals surface area contributed by atoms with Gasteiger partial charge in [-0.2, -0.15) is 4.31 Å². The standard InChI is InChI=1S/C12H15FN2O3S/c1-9(16)11-6-2-3-8-15(11)19(17,18)12-10(13)5-4-7-14-12/h4-5,7,11H,2-3,6,8H2,1H3. The van der Waals surface area contributed by atoms with E-state index in [-0.39, 0.29) is 12.3 Å². The number of rotatable bonds is 3. The number of carbonyl (C=O) groups excluding carboxylic acids is 1. The molecule has 0 radical (unpaired) electrons. The van der Waals surface area contributed by atoms with Gasteiger partial charge in [0.25, 0.3) is 10.0 Å². The van der Waals surface area contributed by atoms with E-state index < -0.39 is 26.9 Å². The molecule has 1 aromatic heterocycles. The van der Waals surface area contributed by atoms with Gasteiger partial charge in [-0.3, -0.25) is 4.79 Å². The van der Waals surface area contributed by atoms with Crippen LogP contribution in [0.5, 0.6) is 0 Å². The number of sulfonamides is 1. The number of hydrogen-bond acceptors (Lipinski definition) is 4. The van der Waals surface area contributed by atoms with E-state index in [2.05, 4.69) is 4.98 Å². The number of halogens is 1. The van der Waals surface area contributed by atoms with Gasteiger partial charge in [0.05, 0.1) is 6.04 Å². The third kappa shape index (κ3) is 2.66. The van der Waals surface area contributed by atoms with Gasteiger partial charge < -0.3 is 0 Å². The zero-order chi connectivity index (χ0) is 14.0. The molecule has 104 valence electrons. The van der Waals surface area contributed by atoms with Gasteiger partial charge in [0, 0.05) is 12.7 Å². The topological polar surface area (TPSA) is 67.3 Å². The number of ketones is 1. The van der Waals surface area contributed by atoms with E-state index in [4.69, 9.17) is 0 Å². The molecule has 19 heavy (non-hydrogen) atoms. The summed E-state index contributed by atoms with van der Waals surface area (Å²) in [6, 6.07) is 1.67. The van der Waals surface area contributed by atoms with E-state index in [1.54, 1.807) is 0 Å². The highest BCUT2D eigenvalue weighted by molar-refractivity contribution is 7.89. The molecular weight excluding hydrogens is 271 g/mol. The molecule has 0 aliphatic carbocycles. The highest BCUT2D eigenvalue weighted by Crippen LogP contribution is 2.25. The minimum Gasteiger partial charge on any atom is -0.298 e. The molecule has 7 heteroatoms. The Balaban J connectivity index is 2.43. The van der Waals surface area contributed by atoms with Crippen LogP contribution in [-0.4, -0.2) is 36.1 Å². The smallest absolute Gasteiger partial charge is 0.264 e. The number of aromatic nitrogens is 1. The van der Waals surface area contributed by atoms with Gasteiger partial charge in [0.15, 0.2) is 5.82 Å². The van der Waals surface area contributed by atoms with Crippen LogP contribution in [0.4, 0.5) is 4.39 Å². The lowest BCUT2D eigenvalue weighted by Crippen LogP contribution is -2.47. The first-order chi connectivity index (χ1) is 8.94. The van der Waals surface area contributed by atoms with Crippen LogP contribution in [0.25, 0.3) is 0 Å². The summed E-state index contributed by atoms with van der Waals surface area (Å²) in [6.07, 6.45) is 3.16. The Morgan fingerprint density at radius 3 is 2.84 bits per heavy atom. The van der Waals surface area contributed by atoms with Crippen LogP contribution in [0, 0.1) is 5.82 Å². The second kappa shape index (κ2) is 5.34. The van der Waals surface area contributed by atoms with Crippen LogP contribution in [0.3, 0.4) is 0 Å². The summed E-state index contributed by atoms with van der Waals surface area (Å²) in [7, 11) is -4.06. The van der Waals surface area contributed by atoms with Crippen LogP contribution in [0.15, 0.2) is 23.4 Å². The summed E-state index contributed by atoms with van der Waals surface area (Å²) in [5, 5.41) is -0.608. The number of Topliss-reactive ketones (excluding diaryl/α,β-unsaturated/α-hetero) is 1. The van der Waals surface area contributed by atoms with Crippen molar-refractivity contribution in [2.24, 2.45) is 0 Å². The van der Waals surface area contributed by atoms with Crippen LogP contribution < -0.4 is 0 Å². The normalized spacial score (nSPS) is 21.3. The van der Waals surface area contributed by atoms with Gasteiger partial charge in [0.2, 0.25) is 5.03 Å². The summed E-state index contributed by atoms with van der Waals surface area (Å²) < 4.78 is 39.5. The van der Waals surface area contributed by atoms with Crippen molar-refractivity contribution in [1.82, 2.24) is 9.29 Å². The molecule has 0 aromatic carbocycles. The zero-order valence-electron chi connectivity index (χ0n) is 10.5. The second-order valence-electron chi connectivity index (χ2n) is 4.53. The van der Waals surface area contributed by atoms with Crippen LogP contribution >= 0.6 is 0 Å². The third-order valence-electron chi connectivity index (χ3n) is 3.20. The second-order valence-corrected chi connectivity index (χ2v) is 6.33. The molecule has 0 saturated carbocycles. The number of carbonyl (C=O) groups is 1. The third-order valence-corrected chi connectivity index (χ3v) is 5.04. The number of piperidine rings is 1. The molecule has 0 amide bonds. The molecule has 1 aliphatic rings. The Kier molecular flexibility index (Phi) is 3.96. The molecule has 0 bridgehead atoms. The minimum absolute atomic E-state index is 0.223. The molecule has 1 saturated heterocycles. The fourth-order valence-corrected chi connectivity index (χ4v) is 3.96. The van der Waals surface area contributed by atoms with E-state index in [0.717, 1.165) is 16.8 Å². The van der Waals surface area contributed by atoms with Crippen LogP contribution in [0.1, 0.15) is 26.2 Å². The van der Waals surface area contributed by atoms with Gasteiger partial charge in [-0.25, -0.2) is 17.8 Å². The lowest BCUT2D eigenvalue weighted by atomic mass is 10.0. The van der Waals surface area contributed by atoms with Crippen LogP contribution in [-0.2, 0) is 14.8 Å². The zero-order valence-corrected chi connectivity index (χ0v) is 11.4. The Hall–Kier alpha value is -1.34. The summed E-state index contributed by atoms with van der Waals surface area (Å²) in [6.45, 7) is 1.58. The van der Waals surface area contributed by atoms with Crippen LogP contribution in [0.2, 0.25) is 0 Å². The molecule has 5 nitrogen and oxygen atoms in total. The fourth-order valence-electron chi connectivity index (χ4n) is 2.27. The Bertz CT molecular complexity index is 588. The summed E-state index contributed by atoms with van der Waals surface area (Å²) in [4.78, 5) is 15.2. The van der Waals surface area contributed by atoms with E-state index in [0.29, 0.717) is 12.8 Å². The SMILES string of the molecule is CC(=O)C1CCCCN1S(=O)(=O)c1ncccc1F. The average molecular weight is 286 g/mol. The molecule has 0 spiro atoms. The highest BCUT2D eigenvalue weighted by atomic mass is 32.2. The average Bonchev–Trinajstić information content (AvgIpc) is 2.39. The first-order valence-electron chi connectivity index (χ1n) is 6.07. The molecule has 2 rings (SSSR count). The Morgan fingerprint density at radius 1 is 1.47 bits per heavy atom. The molecular formula is C12H15FN2O3S. The van der Waals surface area contributed by atoms with Crippen molar-refractivity contribution < 1.29 is 17.6 Å². The monoisotopic (exact) mass is 286 g/mol. The minimum atomic E-state index is -4.06. The van der Waals surface area contributed by atoms with Crippen molar-refractivity contribution in [1.29, 1.82) is 0 Å². The van der Waals surface area contributed by atoms with Crippen molar-refractivity contribution in [3.63, 3.8) is 0 Å². The van der Waals surface area contributed by atoms with E-state index >= 15 is 0 Å². The maximum atomic E-state index is 13.6. The molecule has 0 N–H and O–H groups in total. The van der Waals surface area contributed by atoms with Crippen molar-refractivity contribution in [3.8, 4) is 0 Å². The largest absolute Gasteiger partial charge is 0.298 e. The lowest BCUT2D eigenvalue weighted by Gasteiger charge is -2.32. The highest BCUT2D eigenvalue weighted by Gasteiger charge is 2.37. The van der Waals surface area contributed by atoms with E-state index in [1.807, 2.05) is 0 Å².